The van der Waals surface area contributed by atoms with Crippen molar-refractivity contribution >= 4 is 17.2 Å². The van der Waals surface area contributed by atoms with Crippen molar-refractivity contribution in [2.24, 2.45) is 0 Å². The van der Waals surface area contributed by atoms with Crippen LogP contribution in [0.2, 0.25) is 0 Å². The van der Waals surface area contributed by atoms with E-state index in [4.69, 9.17) is 10.5 Å². The summed E-state index contributed by atoms with van der Waals surface area (Å²) in [6.45, 7) is 7.29. The van der Waals surface area contributed by atoms with Gasteiger partial charge in [-0.3, -0.25) is 4.79 Å². The highest BCUT2D eigenvalue weighted by Crippen LogP contribution is 2.26. The number of anilines is 2. The molecule has 0 amide bonds. The van der Waals surface area contributed by atoms with Gasteiger partial charge in [0.05, 0.1) is 12.7 Å². The van der Waals surface area contributed by atoms with Crippen LogP contribution in [0.3, 0.4) is 0 Å². The van der Waals surface area contributed by atoms with E-state index < -0.39 is 0 Å². The van der Waals surface area contributed by atoms with E-state index in [1.165, 1.54) is 6.92 Å². The van der Waals surface area contributed by atoms with E-state index in [9.17, 15) is 4.79 Å². The van der Waals surface area contributed by atoms with Crippen LogP contribution in [0.25, 0.3) is 0 Å². The molecule has 2 rings (SSSR count). The van der Waals surface area contributed by atoms with E-state index in [0.717, 1.165) is 18.8 Å². The maximum atomic E-state index is 11.4. The van der Waals surface area contributed by atoms with E-state index >= 15 is 0 Å². The molecule has 0 aliphatic carbocycles. The normalized spacial score (nSPS) is 24.1. The Labute approximate surface area is 108 Å². The molecule has 0 aromatic heterocycles. The summed E-state index contributed by atoms with van der Waals surface area (Å²) in [4.78, 5) is 13.6. The first kappa shape index (κ1) is 12.9. The molecule has 0 radical (unpaired) electrons. The standard InChI is InChI=1S/C14H20N2O2/c1-9-8-18-10(2)7-16(9)12-4-5-13(11(3)17)14(15)6-12/h4-6,9-10H,7-8,15H2,1-3H3. The predicted octanol–water partition coefficient (Wildman–Crippen LogP) is 2.08. The third-order valence-corrected chi connectivity index (χ3v) is 3.35. The molecule has 1 aliphatic rings. The maximum absolute atomic E-state index is 11.4. The summed E-state index contributed by atoms with van der Waals surface area (Å²) in [5, 5.41) is 0. The molecule has 1 aliphatic heterocycles. The lowest BCUT2D eigenvalue weighted by Crippen LogP contribution is -2.47. The van der Waals surface area contributed by atoms with Crippen molar-refractivity contribution in [2.45, 2.75) is 32.9 Å². The van der Waals surface area contributed by atoms with Gasteiger partial charge in [-0.05, 0) is 39.0 Å². The highest BCUT2D eigenvalue weighted by Gasteiger charge is 2.24. The summed E-state index contributed by atoms with van der Waals surface area (Å²) in [5.74, 6) is 0.00226. The number of rotatable bonds is 2. The molecule has 0 saturated carbocycles. The number of carbonyl (C=O) groups is 1. The molecule has 4 nitrogen and oxygen atoms in total. The molecular weight excluding hydrogens is 228 g/mol. The highest BCUT2D eigenvalue weighted by atomic mass is 16.5. The molecule has 1 fully saturated rings. The van der Waals surface area contributed by atoms with Crippen LogP contribution in [0.4, 0.5) is 11.4 Å². The number of benzene rings is 1. The molecule has 98 valence electrons. The van der Waals surface area contributed by atoms with Crippen molar-refractivity contribution in [2.75, 3.05) is 23.8 Å². The van der Waals surface area contributed by atoms with E-state index in [2.05, 4.69) is 18.7 Å². The zero-order chi connectivity index (χ0) is 13.3. The number of ketones is 1. The molecule has 1 aromatic carbocycles. The molecule has 2 unspecified atom stereocenters. The van der Waals surface area contributed by atoms with Crippen molar-refractivity contribution < 1.29 is 9.53 Å². The second kappa shape index (κ2) is 4.98. The second-order valence-corrected chi connectivity index (χ2v) is 4.97. The Morgan fingerprint density at radius 3 is 2.78 bits per heavy atom. The summed E-state index contributed by atoms with van der Waals surface area (Å²) >= 11 is 0. The average molecular weight is 248 g/mol. The molecule has 0 bridgehead atoms. The van der Waals surface area contributed by atoms with Gasteiger partial charge in [0.2, 0.25) is 0 Å². The van der Waals surface area contributed by atoms with E-state index in [1.54, 1.807) is 6.07 Å². The molecular formula is C14H20N2O2. The maximum Gasteiger partial charge on any atom is 0.161 e. The Morgan fingerprint density at radius 2 is 2.17 bits per heavy atom. The number of morpholine rings is 1. The van der Waals surface area contributed by atoms with Crippen LogP contribution < -0.4 is 10.6 Å². The highest BCUT2D eigenvalue weighted by molar-refractivity contribution is 5.99. The fraction of sp³-hybridized carbons (Fsp3) is 0.500. The average Bonchev–Trinajstić information content (AvgIpc) is 2.31. The molecule has 1 heterocycles. The molecule has 4 heteroatoms. The van der Waals surface area contributed by atoms with Crippen molar-refractivity contribution in [3.8, 4) is 0 Å². The molecule has 18 heavy (non-hydrogen) atoms. The number of Topliss-reactive ketones (excluding diaryl/α,β-unsaturated/α-hetero) is 1. The minimum atomic E-state index is 0.00226. The van der Waals surface area contributed by atoms with Crippen molar-refractivity contribution in [1.29, 1.82) is 0 Å². The van der Waals surface area contributed by atoms with Crippen molar-refractivity contribution in [1.82, 2.24) is 0 Å². The summed E-state index contributed by atoms with van der Waals surface area (Å²) in [6.07, 6.45) is 0.218. The van der Waals surface area contributed by atoms with Gasteiger partial charge in [0.25, 0.3) is 0 Å². The zero-order valence-corrected chi connectivity index (χ0v) is 11.1. The Kier molecular flexibility index (Phi) is 3.57. The molecule has 1 aromatic rings. The summed E-state index contributed by atoms with van der Waals surface area (Å²) in [6, 6.07) is 5.97. The zero-order valence-electron chi connectivity index (χ0n) is 11.1. The Balaban J connectivity index is 2.28. The topological polar surface area (TPSA) is 55.6 Å². The first-order chi connectivity index (χ1) is 8.49. The summed E-state index contributed by atoms with van der Waals surface area (Å²) in [7, 11) is 0. The Hall–Kier alpha value is -1.55. The van der Waals surface area contributed by atoms with Crippen LogP contribution in [-0.2, 0) is 4.74 Å². The van der Waals surface area contributed by atoms with Crippen LogP contribution in [-0.4, -0.2) is 31.1 Å². The lowest BCUT2D eigenvalue weighted by Gasteiger charge is -2.38. The lowest BCUT2D eigenvalue weighted by atomic mass is 10.1. The summed E-state index contributed by atoms with van der Waals surface area (Å²) < 4.78 is 5.61. The fourth-order valence-electron chi connectivity index (χ4n) is 2.31. The number of nitrogen functional groups attached to an aromatic ring is 1. The van der Waals surface area contributed by atoms with Crippen LogP contribution >= 0.6 is 0 Å². The third kappa shape index (κ3) is 2.48. The molecule has 1 saturated heterocycles. The van der Waals surface area contributed by atoms with Crippen molar-refractivity contribution in [3.05, 3.63) is 23.8 Å². The summed E-state index contributed by atoms with van der Waals surface area (Å²) in [5.41, 5.74) is 8.12. The number of carbonyl (C=O) groups excluding carboxylic acids is 1. The van der Waals surface area contributed by atoms with Gasteiger partial charge in [-0.15, -0.1) is 0 Å². The quantitative estimate of drug-likeness (QED) is 0.643. The number of ether oxygens (including phenoxy) is 1. The molecule has 2 N–H and O–H groups in total. The fourth-order valence-corrected chi connectivity index (χ4v) is 2.31. The van der Waals surface area contributed by atoms with Crippen LogP contribution in [0, 0.1) is 0 Å². The van der Waals surface area contributed by atoms with Gasteiger partial charge in [-0.1, -0.05) is 0 Å². The van der Waals surface area contributed by atoms with Gasteiger partial charge in [0.1, 0.15) is 0 Å². The number of nitrogens with zero attached hydrogens (tertiary/aromatic N) is 1. The molecule has 2 atom stereocenters. The van der Waals surface area contributed by atoms with Crippen LogP contribution in [0.15, 0.2) is 18.2 Å². The van der Waals surface area contributed by atoms with Gasteiger partial charge in [0.15, 0.2) is 5.78 Å². The van der Waals surface area contributed by atoms with Gasteiger partial charge >= 0.3 is 0 Å². The number of hydrogen-bond donors (Lipinski definition) is 1. The van der Waals surface area contributed by atoms with E-state index in [0.29, 0.717) is 17.3 Å². The number of hydrogen-bond acceptors (Lipinski definition) is 4. The van der Waals surface area contributed by atoms with Gasteiger partial charge in [-0.25, -0.2) is 0 Å². The van der Waals surface area contributed by atoms with E-state index in [1.807, 2.05) is 12.1 Å². The Bertz CT molecular complexity index is 459. The SMILES string of the molecule is CC(=O)c1ccc(N2CC(C)OCC2C)cc1N. The van der Waals surface area contributed by atoms with Crippen LogP contribution in [0.1, 0.15) is 31.1 Å². The molecule has 0 spiro atoms. The smallest absolute Gasteiger partial charge is 0.161 e. The number of nitrogens with two attached hydrogens (primary N) is 1. The predicted molar refractivity (Wildman–Crippen MR) is 73.1 cm³/mol. The van der Waals surface area contributed by atoms with Gasteiger partial charge < -0.3 is 15.4 Å². The Morgan fingerprint density at radius 1 is 1.44 bits per heavy atom. The van der Waals surface area contributed by atoms with Gasteiger partial charge in [-0.2, -0.15) is 0 Å². The van der Waals surface area contributed by atoms with Gasteiger partial charge in [0, 0.05) is 29.5 Å². The lowest BCUT2D eigenvalue weighted by molar-refractivity contribution is 0.0344. The van der Waals surface area contributed by atoms with Crippen LogP contribution in [0.5, 0.6) is 0 Å². The first-order valence-electron chi connectivity index (χ1n) is 6.27. The van der Waals surface area contributed by atoms with Crippen molar-refractivity contribution in [3.63, 3.8) is 0 Å². The minimum Gasteiger partial charge on any atom is -0.398 e. The first-order valence-corrected chi connectivity index (χ1v) is 6.27. The minimum absolute atomic E-state index is 0.00226. The monoisotopic (exact) mass is 248 g/mol. The van der Waals surface area contributed by atoms with E-state index in [-0.39, 0.29) is 11.9 Å². The second-order valence-electron chi connectivity index (χ2n) is 4.97. The largest absolute Gasteiger partial charge is 0.398 e. The third-order valence-electron chi connectivity index (χ3n) is 3.35.